The molecule has 1 aromatic heterocycles. The molecule has 0 unspecified atom stereocenters. The fourth-order valence-corrected chi connectivity index (χ4v) is 1.97. The van der Waals surface area contributed by atoms with Gasteiger partial charge in [0.15, 0.2) is 0 Å². The second kappa shape index (κ2) is 6.56. The van der Waals surface area contributed by atoms with Crippen molar-refractivity contribution in [2.75, 3.05) is 19.6 Å². The molecule has 0 atom stereocenters. The van der Waals surface area contributed by atoms with Crippen LogP contribution >= 0.6 is 34.2 Å². The predicted molar refractivity (Wildman–Crippen MR) is 74.0 cm³/mol. The van der Waals surface area contributed by atoms with Crippen LogP contribution in [-0.4, -0.2) is 34.1 Å². The van der Waals surface area contributed by atoms with Gasteiger partial charge in [0.25, 0.3) is 5.56 Å². The van der Waals surface area contributed by atoms with Gasteiger partial charge in [0.1, 0.15) is 8.72 Å². The number of hydrogen-bond acceptors (Lipinski definition) is 3. The van der Waals surface area contributed by atoms with Crippen molar-refractivity contribution in [3.05, 3.63) is 25.4 Å². The average Bonchev–Trinajstić information content (AvgIpc) is 2.30. The lowest BCUT2D eigenvalue weighted by Gasteiger charge is -2.18. The van der Waals surface area contributed by atoms with E-state index in [9.17, 15) is 4.79 Å². The molecule has 16 heavy (non-hydrogen) atoms. The summed E-state index contributed by atoms with van der Waals surface area (Å²) in [5, 5.41) is 0.282. The third-order valence-electron chi connectivity index (χ3n) is 2.49. The molecule has 1 aromatic rings. The number of aromatic nitrogens is 2. The van der Waals surface area contributed by atoms with Gasteiger partial charge in [0, 0.05) is 13.1 Å². The molecule has 0 aliphatic carbocycles. The Labute approximate surface area is 114 Å². The normalized spacial score (nSPS) is 11.1. The maximum absolute atomic E-state index is 11.8. The first kappa shape index (κ1) is 13.9. The zero-order valence-corrected chi connectivity index (χ0v) is 12.3. The zero-order valence-electron chi connectivity index (χ0n) is 9.41. The molecule has 0 saturated carbocycles. The second-order valence-corrected chi connectivity index (χ2v) is 4.81. The molecule has 0 N–H and O–H groups in total. The first-order valence-electron chi connectivity index (χ1n) is 5.22. The SMILES string of the molecule is CCN(CC)CCn1cnc(Cl)c(I)c1=O. The van der Waals surface area contributed by atoms with Gasteiger partial charge in [-0.05, 0) is 35.7 Å². The lowest BCUT2D eigenvalue weighted by atomic mass is 10.4. The molecule has 0 amide bonds. The zero-order chi connectivity index (χ0) is 12.1. The van der Waals surface area contributed by atoms with Crippen LogP contribution in [0.1, 0.15) is 13.8 Å². The van der Waals surface area contributed by atoms with Gasteiger partial charge in [-0.25, -0.2) is 4.98 Å². The summed E-state index contributed by atoms with van der Waals surface area (Å²) in [7, 11) is 0. The van der Waals surface area contributed by atoms with Crippen LogP contribution in [0.3, 0.4) is 0 Å². The maximum atomic E-state index is 11.8. The molecule has 6 heteroatoms. The van der Waals surface area contributed by atoms with Crippen LogP contribution < -0.4 is 5.56 Å². The lowest BCUT2D eigenvalue weighted by molar-refractivity contribution is 0.288. The molecule has 0 aliphatic heterocycles. The van der Waals surface area contributed by atoms with E-state index in [4.69, 9.17) is 11.6 Å². The third-order valence-corrected chi connectivity index (χ3v) is 4.07. The summed E-state index contributed by atoms with van der Waals surface area (Å²) < 4.78 is 2.09. The van der Waals surface area contributed by atoms with E-state index in [1.54, 1.807) is 4.57 Å². The highest BCUT2D eigenvalue weighted by Crippen LogP contribution is 2.09. The van der Waals surface area contributed by atoms with Crippen LogP contribution in [0, 0.1) is 3.57 Å². The Morgan fingerprint density at radius 1 is 1.50 bits per heavy atom. The van der Waals surface area contributed by atoms with E-state index < -0.39 is 0 Å². The molecule has 90 valence electrons. The minimum atomic E-state index is -0.0623. The van der Waals surface area contributed by atoms with Crippen LogP contribution in [0.4, 0.5) is 0 Å². The topological polar surface area (TPSA) is 38.1 Å². The molecule has 0 bridgehead atoms. The van der Waals surface area contributed by atoms with Crippen molar-refractivity contribution >= 4 is 34.2 Å². The van der Waals surface area contributed by atoms with Crippen molar-refractivity contribution in [1.29, 1.82) is 0 Å². The van der Waals surface area contributed by atoms with Crippen molar-refractivity contribution in [3.63, 3.8) is 0 Å². The van der Waals surface area contributed by atoms with Crippen LogP contribution in [0.15, 0.2) is 11.1 Å². The molecule has 4 nitrogen and oxygen atoms in total. The maximum Gasteiger partial charge on any atom is 0.268 e. The smallest absolute Gasteiger partial charge is 0.268 e. The molecule has 0 spiro atoms. The summed E-state index contributed by atoms with van der Waals surface area (Å²) in [6.07, 6.45) is 1.51. The third kappa shape index (κ3) is 3.43. The molecule has 0 aliphatic rings. The van der Waals surface area contributed by atoms with Gasteiger partial charge in [0.05, 0.1) is 6.33 Å². The number of halogens is 2. The van der Waals surface area contributed by atoms with Gasteiger partial charge in [0.2, 0.25) is 0 Å². The molecule has 0 fully saturated rings. The Morgan fingerprint density at radius 2 is 2.12 bits per heavy atom. The molecular weight excluding hydrogens is 340 g/mol. The fourth-order valence-electron chi connectivity index (χ4n) is 1.39. The Hall–Kier alpha value is -0.140. The minimum absolute atomic E-state index is 0.0623. The van der Waals surface area contributed by atoms with Crippen molar-refractivity contribution in [1.82, 2.24) is 14.5 Å². The van der Waals surface area contributed by atoms with E-state index in [0.29, 0.717) is 10.1 Å². The van der Waals surface area contributed by atoms with Crippen LogP contribution in [-0.2, 0) is 6.54 Å². The van der Waals surface area contributed by atoms with Crippen molar-refractivity contribution < 1.29 is 0 Å². The molecule has 1 heterocycles. The van der Waals surface area contributed by atoms with Gasteiger partial charge < -0.3 is 4.90 Å². The van der Waals surface area contributed by atoms with E-state index in [1.165, 1.54) is 6.33 Å². The molecule has 1 rings (SSSR count). The van der Waals surface area contributed by atoms with E-state index in [-0.39, 0.29) is 10.7 Å². The largest absolute Gasteiger partial charge is 0.302 e. The van der Waals surface area contributed by atoms with E-state index >= 15 is 0 Å². The van der Waals surface area contributed by atoms with Gasteiger partial charge >= 0.3 is 0 Å². The predicted octanol–water partition coefficient (Wildman–Crippen LogP) is 1.84. The van der Waals surface area contributed by atoms with Gasteiger partial charge in [-0.15, -0.1) is 0 Å². The highest BCUT2D eigenvalue weighted by molar-refractivity contribution is 14.1. The lowest BCUT2D eigenvalue weighted by Crippen LogP contribution is -2.31. The van der Waals surface area contributed by atoms with Gasteiger partial charge in [-0.1, -0.05) is 25.4 Å². The summed E-state index contributed by atoms with van der Waals surface area (Å²) in [6.45, 7) is 7.70. The monoisotopic (exact) mass is 355 g/mol. The standard InChI is InChI=1S/C10H15ClIN3O/c1-3-14(4-2)5-6-15-7-13-9(11)8(12)10(15)16/h7H,3-6H2,1-2H3. The number of likely N-dealkylation sites (N-methyl/N-ethyl adjacent to an activating group) is 1. The summed E-state index contributed by atoms with van der Waals surface area (Å²) in [6, 6.07) is 0. The summed E-state index contributed by atoms with van der Waals surface area (Å²) in [4.78, 5) is 18.0. The van der Waals surface area contributed by atoms with Gasteiger partial charge in [-0.3, -0.25) is 9.36 Å². The first-order valence-corrected chi connectivity index (χ1v) is 6.68. The Morgan fingerprint density at radius 3 is 2.69 bits per heavy atom. The number of nitrogens with zero attached hydrogens (tertiary/aromatic N) is 3. The molecule has 0 aromatic carbocycles. The molecule has 0 saturated heterocycles. The minimum Gasteiger partial charge on any atom is -0.302 e. The average molecular weight is 356 g/mol. The van der Waals surface area contributed by atoms with Crippen molar-refractivity contribution in [3.8, 4) is 0 Å². The molecule has 0 radical (unpaired) electrons. The summed E-state index contributed by atoms with van der Waals surface area (Å²) in [5.74, 6) is 0. The molecular formula is C10H15ClIN3O. The van der Waals surface area contributed by atoms with E-state index in [2.05, 4.69) is 23.7 Å². The number of hydrogen-bond donors (Lipinski definition) is 0. The van der Waals surface area contributed by atoms with Crippen molar-refractivity contribution in [2.24, 2.45) is 0 Å². The highest BCUT2D eigenvalue weighted by atomic mass is 127. The van der Waals surface area contributed by atoms with Crippen molar-refractivity contribution in [2.45, 2.75) is 20.4 Å². The summed E-state index contributed by atoms with van der Waals surface area (Å²) in [5.41, 5.74) is -0.0623. The summed E-state index contributed by atoms with van der Waals surface area (Å²) >= 11 is 7.69. The van der Waals surface area contributed by atoms with Crippen LogP contribution in [0.5, 0.6) is 0 Å². The van der Waals surface area contributed by atoms with Crippen LogP contribution in [0.2, 0.25) is 5.15 Å². The fraction of sp³-hybridized carbons (Fsp3) is 0.600. The number of rotatable bonds is 5. The Bertz CT molecular complexity index is 404. The van der Waals surface area contributed by atoms with Gasteiger partial charge in [-0.2, -0.15) is 0 Å². The Kier molecular flexibility index (Phi) is 5.71. The first-order chi connectivity index (χ1) is 7.60. The van der Waals surface area contributed by atoms with E-state index in [0.717, 1.165) is 19.6 Å². The van der Waals surface area contributed by atoms with Crippen LogP contribution in [0.25, 0.3) is 0 Å². The Balaban J connectivity index is 2.75. The van der Waals surface area contributed by atoms with E-state index in [1.807, 2.05) is 22.6 Å². The quantitative estimate of drug-likeness (QED) is 0.597. The second-order valence-electron chi connectivity index (χ2n) is 3.37. The highest BCUT2D eigenvalue weighted by Gasteiger charge is 2.07.